The molecule has 7 N–H and O–H groups in total. The highest BCUT2D eigenvalue weighted by atomic mass is 16.6. The van der Waals surface area contributed by atoms with E-state index in [-0.39, 0.29) is 0 Å². The maximum atomic E-state index is 10.1. The summed E-state index contributed by atoms with van der Waals surface area (Å²) in [5.74, 6) is -7.78. The number of hydrogen-bond donors (Lipinski definition) is 7. The number of aliphatic carboxylic acids is 2. The molecule has 0 radical (unpaired) electrons. The Morgan fingerprint density at radius 3 is 1.60 bits per heavy atom. The molecule has 15 heavy (non-hydrogen) atoms. The van der Waals surface area contributed by atoms with Crippen molar-refractivity contribution in [1.29, 1.82) is 0 Å². The smallest absolute Gasteiger partial charge is 0.338 e. The second-order valence-corrected chi connectivity index (χ2v) is 2.75. The van der Waals surface area contributed by atoms with E-state index >= 15 is 0 Å². The molecule has 0 heterocycles. The van der Waals surface area contributed by atoms with Crippen molar-refractivity contribution in [2.24, 2.45) is 0 Å². The summed E-state index contributed by atoms with van der Waals surface area (Å²) in [7, 11) is 0. The van der Waals surface area contributed by atoms with Gasteiger partial charge in [0.15, 0.2) is 6.10 Å². The average Bonchev–Trinajstić information content (AvgIpc) is 2.13. The minimum Gasteiger partial charge on any atom is -0.479 e. The van der Waals surface area contributed by atoms with Gasteiger partial charge in [-0.3, -0.25) is 0 Å². The zero-order valence-electron chi connectivity index (χ0n) is 7.18. The third kappa shape index (κ3) is 2.84. The van der Waals surface area contributed by atoms with Crippen molar-refractivity contribution >= 4 is 11.9 Å². The van der Waals surface area contributed by atoms with Crippen LogP contribution < -0.4 is 0 Å². The van der Waals surface area contributed by atoms with Crippen LogP contribution in [-0.2, 0) is 9.59 Å². The van der Waals surface area contributed by atoms with Crippen LogP contribution in [0.4, 0.5) is 0 Å². The number of aliphatic hydroxyl groups is 5. The molecule has 0 bridgehead atoms. The van der Waals surface area contributed by atoms with E-state index in [4.69, 9.17) is 35.7 Å². The van der Waals surface area contributed by atoms with E-state index in [1.54, 1.807) is 0 Å². The zero-order valence-corrected chi connectivity index (χ0v) is 7.18. The summed E-state index contributed by atoms with van der Waals surface area (Å²) in [5.41, 5.74) is 0. The van der Waals surface area contributed by atoms with Gasteiger partial charge < -0.3 is 35.7 Å². The maximum absolute atomic E-state index is 10.1. The summed E-state index contributed by atoms with van der Waals surface area (Å²) in [6.45, 7) is 0. The molecule has 0 aliphatic heterocycles. The lowest BCUT2D eigenvalue weighted by Gasteiger charge is -2.30. The molecule has 0 aromatic carbocycles. The Bertz CT molecular complexity index is 259. The molecule has 0 spiro atoms. The Morgan fingerprint density at radius 2 is 1.33 bits per heavy atom. The van der Waals surface area contributed by atoms with Crippen LogP contribution in [0.2, 0.25) is 0 Å². The molecule has 0 aromatic heterocycles. The van der Waals surface area contributed by atoms with Crippen LogP contribution in [-0.4, -0.2) is 71.8 Å². The van der Waals surface area contributed by atoms with Crippen LogP contribution in [0.5, 0.6) is 0 Å². The molecule has 0 aliphatic rings. The molecular weight excluding hydrogens is 216 g/mol. The van der Waals surface area contributed by atoms with Gasteiger partial charge in [0, 0.05) is 0 Å². The van der Waals surface area contributed by atoms with E-state index in [1.165, 1.54) is 0 Å². The molecule has 0 saturated carbocycles. The standard InChI is InChI=1S/C6H10O9/c7-1(4(10)11)2(8)6(14,15)3(9)5(12)13/h1-3,7-9,14-15H,(H,10,11)(H,12,13)/t1-,2+,3-/m0/s1. The molecule has 0 unspecified atom stereocenters. The molecule has 0 fully saturated rings. The van der Waals surface area contributed by atoms with Gasteiger partial charge in [0.25, 0.3) is 0 Å². The Morgan fingerprint density at radius 1 is 0.933 bits per heavy atom. The van der Waals surface area contributed by atoms with Crippen LogP contribution in [0.15, 0.2) is 0 Å². The van der Waals surface area contributed by atoms with Crippen LogP contribution in [0.1, 0.15) is 0 Å². The van der Waals surface area contributed by atoms with Gasteiger partial charge in [-0.05, 0) is 0 Å². The molecule has 9 nitrogen and oxygen atoms in total. The molecular formula is C6H10O9. The molecule has 0 amide bonds. The molecule has 0 aliphatic carbocycles. The fourth-order valence-electron chi connectivity index (χ4n) is 0.711. The summed E-state index contributed by atoms with van der Waals surface area (Å²) in [5, 5.41) is 60.4. The minimum absolute atomic E-state index is 2.01. The van der Waals surface area contributed by atoms with Crippen molar-refractivity contribution in [3.05, 3.63) is 0 Å². The van der Waals surface area contributed by atoms with Crippen molar-refractivity contribution in [2.75, 3.05) is 0 Å². The van der Waals surface area contributed by atoms with E-state index in [9.17, 15) is 9.59 Å². The maximum Gasteiger partial charge on any atom is 0.338 e. The minimum atomic E-state index is -3.68. The summed E-state index contributed by atoms with van der Waals surface area (Å²) in [6.07, 6.45) is -8.28. The number of hydrogen-bond acceptors (Lipinski definition) is 7. The number of aliphatic hydroxyl groups excluding tert-OH is 3. The van der Waals surface area contributed by atoms with Gasteiger partial charge in [-0.1, -0.05) is 0 Å². The van der Waals surface area contributed by atoms with Gasteiger partial charge in [0.2, 0.25) is 11.9 Å². The first-order chi connectivity index (χ1) is 6.62. The van der Waals surface area contributed by atoms with Crippen molar-refractivity contribution in [3.8, 4) is 0 Å². The predicted molar refractivity (Wildman–Crippen MR) is 40.5 cm³/mol. The van der Waals surface area contributed by atoms with Crippen LogP contribution in [0, 0.1) is 0 Å². The quantitative estimate of drug-likeness (QED) is 0.230. The first kappa shape index (κ1) is 13.7. The van der Waals surface area contributed by atoms with Crippen LogP contribution >= 0.6 is 0 Å². The van der Waals surface area contributed by atoms with Crippen LogP contribution in [0.3, 0.4) is 0 Å². The lowest BCUT2D eigenvalue weighted by atomic mass is 9.99. The number of carbonyl (C=O) groups is 2. The lowest BCUT2D eigenvalue weighted by molar-refractivity contribution is -0.287. The average molecular weight is 226 g/mol. The number of carboxylic acid groups (broad SMARTS) is 2. The van der Waals surface area contributed by atoms with Gasteiger partial charge >= 0.3 is 11.9 Å². The Kier molecular flexibility index (Phi) is 4.13. The highest BCUT2D eigenvalue weighted by Crippen LogP contribution is 2.16. The Labute approximate surface area is 82.4 Å². The second kappa shape index (κ2) is 4.51. The molecule has 0 rings (SSSR count). The summed E-state index contributed by atoms with van der Waals surface area (Å²) >= 11 is 0. The Balaban J connectivity index is 4.86. The topological polar surface area (TPSA) is 176 Å². The van der Waals surface area contributed by atoms with Crippen molar-refractivity contribution in [1.82, 2.24) is 0 Å². The summed E-state index contributed by atoms with van der Waals surface area (Å²) in [6, 6.07) is 0. The summed E-state index contributed by atoms with van der Waals surface area (Å²) < 4.78 is 0. The molecule has 0 aromatic rings. The van der Waals surface area contributed by atoms with E-state index in [1.807, 2.05) is 0 Å². The third-order valence-electron chi connectivity index (χ3n) is 1.62. The lowest BCUT2D eigenvalue weighted by Crippen LogP contribution is -2.60. The highest BCUT2D eigenvalue weighted by Gasteiger charge is 2.50. The van der Waals surface area contributed by atoms with Gasteiger partial charge in [-0.2, -0.15) is 0 Å². The first-order valence-electron chi connectivity index (χ1n) is 3.57. The largest absolute Gasteiger partial charge is 0.479 e. The van der Waals surface area contributed by atoms with E-state index in [2.05, 4.69) is 0 Å². The SMILES string of the molecule is O=C(O)[C@@H](O)[C@@H](O)C(O)(O)[C@@H](O)C(=O)O. The fourth-order valence-corrected chi connectivity index (χ4v) is 0.711. The molecule has 0 saturated heterocycles. The van der Waals surface area contributed by atoms with Crippen molar-refractivity contribution in [3.63, 3.8) is 0 Å². The highest BCUT2D eigenvalue weighted by molar-refractivity contribution is 5.75. The first-order valence-corrected chi connectivity index (χ1v) is 3.57. The zero-order chi connectivity index (χ0) is 12.4. The third-order valence-corrected chi connectivity index (χ3v) is 1.62. The van der Waals surface area contributed by atoms with Gasteiger partial charge in [-0.15, -0.1) is 0 Å². The van der Waals surface area contributed by atoms with Crippen LogP contribution in [0.25, 0.3) is 0 Å². The van der Waals surface area contributed by atoms with E-state index < -0.39 is 36.0 Å². The van der Waals surface area contributed by atoms with E-state index in [0.717, 1.165) is 0 Å². The molecule has 3 atom stereocenters. The van der Waals surface area contributed by atoms with Gasteiger partial charge in [0.05, 0.1) is 0 Å². The van der Waals surface area contributed by atoms with E-state index in [0.29, 0.717) is 0 Å². The number of carboxylic acids is 2. The normalized spacial score (nSPS) is 17.9. The molecule has 9 heteroatoms. The van der Waals surface area contributed by atoms with Crippen molar-refractivity contribution in [2.45, 2.75) is 24.1 Å². The predicted octanol–water partition coefficient (Wildman–Crippen LogP) is -4.08. The summed E-state index contributed by atoms with van der Waals surface area (Å²) in [4.78, 5) is 20.3. The van der Waals surface area contributed by atoms with Crippen molar-refractivity contribution < 1.29 is 45.3 Å². The number of rotatable bonds is 5. The second-order valence-electron chi connectivity index (χ2n) is 2.75. The van der Waals surface area contributed by atoms with Gasteiger partial charge in [0.1, 0.15) is 6.10 Å². The molecule has 88 valence electrons. The fraction of sp³-hybridized carbons (Fsp3) is 0.667. The monoisotopic (exact) mass is 226 g/mol. The Hall–Kier alpha value is -1.26. The van der Waals surface area contributed by atoms with Gasteiger partial charge in [-0.25, -0.2) is 9.59 Å².